The summed E-state index contributed by atoms with van der Waals surface area (Å²) < 4.78 is 5.41. The average Bonchev–Trinajstić information content (AvgIpc) is 3.10. The molecule has 0 aromatic heterocycles. The van der Waals surface area contributed by atoms with Gasteiger partial charge < -0.3 is 15.2 Å². The zero-order valence-corrected chi connectivity index (χ0v) is 15.8. The van der Waals surface area contributed by atoms with E-state index in [1.165, 1.54) is 22.3 Å². The number of carbonyl (C=O) groups excluding carboxylic acids is 1. The van der Waals surface area contributed by atoms with Gasteiger partial charge in [0.1, 0.15) is 12.6 Å². The van der Waals surface area contributed by atoms with Gasteiger partial charge in [0.25, 0.3) is 0 Å². The summed E-state index contributed by atoms with van der Waals surface area (Å²) in [7, 11) is 0. The van der Waals surface area contributed by atoms with Crippen LogP contribution in [-0.2, 0) is 22.6 Å². The van der Waals surface area contributed by atoms with Crippen molar-refractivity contribution in [3.8, 4) is 11.1 Å². The summed E-state index contributed by atoms with van der Waals surface area (Å²) in [4.78, 5) is 23.9. The number of aliphatic carboxylic acids is 1. The molecule has 28 heavy (non-hydrogen) atoms. The van der Waals surface area contributed by atoms with Crippen LogP contribution in [0.3, 0.4) is 0 Å². The molecular weight excluding hydrogens is 354 g/mol. The molecule has 1 unspecified atom stereocenters. The van der Waals surface area contributed by atoms with E-state index >= 15 is 0 Å². The molecule has 0 saturated heterocycles. The molecule has 2 aliphatic carbocycles. The molecule has 2 aromatic rings. The number of hydrogen-bond acceptors (Lipinski definition) is 3. The maximum atomic E-state index is 12.3. The molecule has 4 rings (SSSR count). The normalized spacial score (nSPS) is 16.7. The van der Waals surface area contributed by atoms with Crippen LogP contribution in [0.15, 0.2) is 42.5 Å². The summed E-state index contributed by atoms with van der Waals surface area (Å²) >= 11 is 0. The molecule has 0 heterocycles. The lowest BCUT2D eigenvalue weighted by Crippen LogP contribution is -2.46. The lowest BCUT2D eigenvalue weighted by molar-refractivity contribution is -0.141. The minimum absolute atomic E-state index is 0.0192. The minimum Gasteiger partial charge on any atom is -0.480 e. The number of amides is 1. The molecule has 1 fully saturated rings. The van der Waals surface area contributed by atoms with Gasteiger partial charge in [0, 0.05) is 0 Å². The molecule has 0 radical (unpaired) electrons. The number of carboxylic acids is 1. The van der Waals surface area contributed by atoms with Crippen molar-refractivity contribution in [1.82, 2.24) is 5.32 Å². The van der Waals surface area contributed by atoms with Crippen molar-refractivity contribution in [2.45, 2.75) is 51.2 Å². The number of benzene rings is 2. The van der Waals surface area contributed by atoms with Crippen molar-refractivity contribution < 1.29 is 19.4 Å². The van der Waals surface area contributed by atoms with Crippen molar-refractivity contribution in [1.29, 1.82) is 0 Å². The second kappa shape index (κ2) is 8.05. The molecule has 2 N–H and O–H groups in total. The maximum Gasteiger partial charge on any atom is 0.408 e. The van der Waals surface area contributed by atoms with Gasteiger partial charge in [-0.15, -0.1) is 0 Å². The van der Waals surface area contributed by atoms with Crippen molar-refractivity contribution in [3.63, 3.8) is 0 Å². The van der Waals surface area contributed by atoms with E-state index in [9.17, 15) is 14.7 Å². The third-order valence-electron chi connectivity index (χ3n) is 5.97. The summed E-state index contributed by atoms with van der Waals surface area (Å²) in [6.07, 6.45) is 5.00. The first kappa shape index (κ1) is 18.5. The van der Waals surface area contributed by atoms with Crippen LogP contribution in [0.4, 0.5) is 4.79 Å². The molecule has 146 valence electrons. The predicted molar refractivity (Wildman–Crippen MR) is 106 cm³/mol. The number of carboxylic acid groups (broad SMARTS) is 1. The molecule has 2 aliphatic rings. The number of rotatable bonds is 5. The van der Waals surface area contributed by atoms with Crippen LogP contribution in [0, 0.1) is 5.92 Å². The van der Waals surface area contributed by atoms with Crippen molar-refractivity contribution in [3.05, 3.63) is 59.2 Å². The van der Waals surface area contributed by atoms with E-state index in [1.54, 1.807) is 0 Å². The highest BCUT2D eigenvalue weighted by atomic mass is 16.5. The van der Waals surface area contributed by atoms with Crippen LogP contribution in [0.25, 0.3) is 11.1 Å². The van der Waals surface area contributed by atoms with E-state index in [1.807, 2.05) is 24.3 Å². The van der Waals surface area contributed by atoms with E-state index in [0.29, 0.717) is 0 Å². The maximum absolute atomic E-state index is 12.3. The van der Waals surface area contributed by atoms with Gasteiger partial charge in [-0.05, 0) is 53.0 Å². The monoisotopic (exact) mass is 379 g/mol. The highest BCUT2D eigenvalue weighted by Crippen LogP contribution is 2.38. The molecule has 5 heteroatoms. The van der Waals surface area contributed by atoms with Gasteiger partial charge in [0.15, 0.2) is 0 Å². The van der Waals surface area contributed by atoms with Crippen LogP contribution >= 0.6 is 0 Å². The molecule has 2 aromatic carbocycles. The Morgan fingerprint density at radius 1 is 1.04 bits per heavy atom. The number of carbonyl (C=O) groups is 2. The second-order valence-corrected chi connectivity index (χ2v) is 7.71. The van der Waals surface area contributed by atoms with Crippen LogP contribution < -0.4 is 5.32 Å². The summed E-state index contributed by atoms with van der Waals surface area (Å²) in [5, 5.41) is 12.1. The predicted octanol–water partition coefficient (Wildman–Crippen LogP) is 4.52. The van der Waals surface area contributed by atoms with Gasteiger partial charge in [-0.2, -0.15) is 0 Å². The smallest absolute Gasteiger partial charge is 0.408 e. The Morgan fingerprint density at radius 2 is 1.79 bits per heavy atom. The summed E-state index contributed by atoms with van der Waals surface area (Å²) in [5.74, 6) is -1.01. The number of fused-ring (bicyclic) bond motifs is 3. The van der Waals surface area contributed by atoms with Gasteiger partial charge in [0.05, 0.1) is 0 Å². The highest BCUT2D eigenvalue weighted by Gasteiger charge is 2.31. The molecular formula is C23H25NO4. The number of alkyl carbamates (subject to hydrolysis) is 1. The van der Waals surface area contributed by atoms with Gasteiger partial charge >= 0.3 is 12.1 Å². The van der Waals surface area contributed by atoms with Crippen molar-refractivity contribution >= 4 is 12.1 Å². The van der Waals surface area contributed by atoms with Crippen molar-refractivity contribution in [2.24, 2.45) is 5.92 Å². The molecule has 0 spiro atoms. The third-order valence-corrected chi connectivity index (χ3v) is 5.97. The largest absolute Gasteiger partial charge is 0.480 e. The number of ether oxygens (including phenoxy) is 1. The fraction of sp³-hybridized carbons (Fsp3) is 0.391. The van der Waals surface area contributed by atoms with E-state index in [-0.39, 0.29) is 12.5 Å². The van der Waals surface area contributed by atoms with Crippen LogP contribution in [0.1, 0.15) is 48.8 Å². The molecule has 1 saturated carbocycles. The lowest BCUT2D eigenvalue weighted by atomic mass is 9.84. The van der Waals surface area contributed by atoms with E-state index < -0.39 is 18.1 Å². The molecule has 0 bridgehead atoms. The summed E-state index contributed by atoms with van der Waals surface area (Å²) in [5.41, 5.74) is 5.83. The quantitative estimate of drug-likeness (QED) is 0.683. The van der Waals surface area contributed by atoms with Crippen LogP contribution in [0.5, 0.6) is 0 Å². The first-order chi connectivity index (χ1) is 13.6. The highest BCUT2D eigenvalue weighted by molar-refractivity contribution is 5.80. The fourth-order valence-corrected chi connectivity index (χ4v) is 4.52. The van der Waals surface area contributed by atoms with Gasteiger partial charge in [-0.1, -0.05) is 61.7 Å². The zero-order chi connectivity index (χ0) is 19.5. The summed E-state index contributed by atoms with van der Waals surface area (Å²) in [6.45, 7) is 0.139. The first-order valence-electron chi connectivity index (χ1n) is 9.98. The average molecular weight is 379 g/mol. The molecule has 0 aliphatic heterocycles. The van der Waals surface area contributed by atoms with Gasteiger partial charge in [-0.25, -0.2) is 9.59 Å². The van der Waals surface area contributed by atoms with Crippen molar-refractivity contribution in [2.75, 3.05) is 0 Å². The van der Waals surface area contributed by atoms with Gasteiger partial charge in [-0.3, -0.25) is 0 Å². The Balaban J connectivity index is 1.41. The van der Waals surface area contributed by atoms with Crippen LogP contribution in [0.2, 0.25) is 0 Å². The summed E-state index contributed by atoms with van der Waals surface area (Å²) in [6, 6.07) is 13.4. The topological polar surface area (TPSA) is 75.6 Å². The van der Waals surface area contributed by atoms with Crippen LogP contribution in [-0.4, -0.2) is 23.2 Å². The Labute approximate surface area is 164 Å². The third kappa shape index (κ3) is 3.75. The molecule has 1 amide bonds. The number of nitrogens with one attached hydrogen (secondary N) is 1. The molecule has 1 atom stereocenters. The Hall–Kier alpha value is -2.82. The fourth-order valence-electron chi connectivity index (χ4n) is 4.52. The van der Waals surface area contributed by atoms with E-state index in [0.717, 1.165) is 44.1 Å². The Bertz CT molecular complexity index is 886. The first-order valence-corrected chi connectivity index (χ1v) is 9.98. The SMILES string of the molecule is O=C(NC(C(=O)O)C1CCCCC1)OCc1cccc2c1Cc1ccccc1-2. The van der Waals surface area contributed by atoms with Gasteiger partial charge in [0.2, 0.25) is 0 Å². The minimum atomic E-state index is -0.986. The Morgan fingerprint density at radius 3 is 2.57 bits per heavy atom. The van der Waals surface area contributed by atoms with E-state index in [4.69, 9.17) is 4.74 Å². The standard InChI is InChI=1S/C23H25NO4/c25-22(26)21(15-7-2-1-3-8-15)24-23(27)28-14-17-10-6-12-19-18-11-5-4-9-16(18)13-20(17)19/h4-6,9-12,15,21H,1-3,7-8,13-14H2,(H,24,27)(H,25,26). The molecule has 5 nitrogen and oxygen atoms in total. The van der Waals surface area contributed by atoms with E-state index in [2.05, 4.69) is 23.5 Å². The number of hydrogen-bond donors (Lipinski definition) is 2. The second-order valence-electron chi connectivity index (χ2n) is 7.71. The lowest BCUT2D eigenvalue weighted by Gasteiger charge is -2.27. The zero-order valence-electron chi connectivity index (χ0n) is 15.8. The Kier molecular flexibility index (Phi) is 5.33.